The lowest BCUT2D eigenvalue weighted by Crippen LogP contribution is -2.45. The van der Waals surface area contributed by atoms with E-state index in [4.69, 9.17) is 18.6 Å². The Morgan fingerprint density at radius 3 is 2.61 bits per heavy atom. The van der Waals surface area contributed by atoms with Gasteiger partial charge < -0.3 is 33.7 Å². The minimum atomic E-state index is -0.927. The average Bonchev–Trinajstić information content (AvgIpc) is 3.54. The summed E-state index contributed by atoms with van der Waals surface area (Å²) in [6.07, 6.45) is 1.51. The highest BCUT2D eigenvalue weighted by Gasteiger charge is 2.24. The molecule has 3 amide bonds. The van der Waals surface area contributed by atoms with Crippen molar-refractivity contribution in [1.29, 1.82) is 0 Å². The van der Waals surface area contributed by atoms with Crippen molar-refractivity contribution in [2.75, 3.05) is 38.9 Å². The van der Waals surface area contributed by atoms with Crippen molar-refractivity contribution >= 4 is 17.6 Å². The van der Waals surface area contributed by atoms with Crippen LogP contribution in [0.2, 0.25) is 0 Å². The van der Waals surface area contributed by atoms with Gasteiger partial charge in [0.2, 0.25) is 12.7 Å². The third-order valence-corrected chi connectivity index (χ3v) is 5.44. The van der Waals surface area contributed by atoms with Crippen molar-refractivity contribution in [2.24, 2.45) is 0 Å². The van der Waals surface area contributed by atoms with Crippen LogP contribution in [0.5, 0.6) is 11.5 Å². The predicted molar refractivity (Wildman–Crippen MR) is 124 cm³/mol. The number of nitrogens with zero attached hydrogens (tertiary/aromatic N) is 2. The molecule has 0 saturated carbocycles. The molecule has 9 nitrogen and oxygen atoms in total. The number of benzene rings is 2. The van der Waals surface area contributed by atoms with E-state index < -0.39 is 17.7 Å². The number of rotatable bonds is 10. The Morgan fingerprint density at radius 2 is 1.86 bits per heavy atom. The van der Waals surface area contributed by atoms with Gasteiger partial charge in [-0.15, -0.1) is 0 Å². The standard InChI is InChI=1S/C25H25F2N3O6/c1-33-10-8-29(25(32)28-21-6-5-18(26)12-20(21)27)15-24(31)30(14-19-3-2-9-34-19)13-17-4-7-22-23(11-17)36-16-35-22/h2-7,9,11-12H,8,10,13-16H2,1H3,(H,28,32). The third-order valence-electron chi connectivity index (χ3n) is 5.44. The topological polar surface area (TPSA) is 93.5 Å². The fraction of sp³-hybridized carbons (Fsp3) is 0.280. The second-order valence-corrected chi connectivity index (χ2v) is 7.99. The van der Waals surface area contributed by atoms with E-state index in [0.717, 1.165) is 17.7 Å². The largest absolute Gasteiger partial charge is 0.467 e. The molecular formula is C25H25F2N3O6. The summed E-state index contributed by atoms with van der Waals surface area (Å²) in [7, 11) is 1.46. The van der Waals surface area contributed by atoms with Gasteiger partial charge in [-0.25, -0.2) is 13.6 Å². The van der Waals surface area contributed by atoms with E-state index in [1.54, 1.807) is 24.3 Å². The number of ether oxygens (including phenoxy) is 3. The van der Waals surface area contributed by atoms with E-state index in [2.05, 4.69) is 5.32 Å². The molecule has 4 rings (SSSR count). The Kier molecular flexibility index (Phi) is 8.01. The first kappa shape index (κ1) is 25.0. The quantitative estimate of drug-likeness (QED) is 0.452. The van der Waals surface area contributed by atoms with Crippen LogP contribution >= 0.6 is 0 Å². The number of fused-ring (bicyclic) bond motifs is 1. The first-order chi connectivity index (χ1) is 17.4. The molecule has 0 fully saturated rings. The van der Waals surface area contributed by atoms with Gasteiger partial charge in [-0.05, 0) is 42.0 Å². The van der Waals surface area contributed by atoms with Crippen LogP contribution in [0.25, 0.3) is 0 Å². The van der Waals surface area contributed by atoms with Gasteiger partial charge in [0.15, 0.2) is 11.5 Å². The Morgan fingerprint density at radius 1 is 1.03 bits per heavy atom. The molecule has 11 heteroatoms. The molecule has 0 spiro atoms. The van der Waals surface area contributed by atoms with Crippen LogP contribution in [-0.2, 0) is 22.6 Å². The summed E-state index contributed by atoms with van der Waals surface area (Å²) in [5, 5.41) is 2.38. The van der Waals surface area contributed by atoms with E-state index >= 15 is 0 Å². The fourth-order valence-electron chi connectivity index (χ4n) is 3.58. The molecule has 3 aromatic rings. The van der Waals surface area contributed by atoms with Crippen molar-refractivity contribution in [3.8, 4) is 11.5 Å². The van der Waals surface area contributed by atoms with Gasteiger partial charge in [-0.2, -0.15) is 0 Å². The second-order valence-electron chi connectivity index (χ2n) is 7.99. The van der Waals surface area contributed by atoms with Crippen LogP contribution < -0.4 is 14.8 Å². The molecule has 1 aliphatic rings. The maximum Gasteiger partial charge on any atom is 0.322 e. The summed E-state index contributed by atoms with van der Waals surface area (Å²) in [4.78, 5) is 29.0. The first-order valence-electron chi connectivity index (χ1n) is 11.1. The molecule has 1 aliphatic heterocycles. The van der Waals surface area contributed by atoms with Crippen LogP contribution in [0.3, 0.4) is 0 Å². The zero-order valence-electron chi connectivity index (χ0n) is 19.5. The number of halogens is 2. The number of hydrogen-bond acceptors (Lipinski definition) is 6. The molecule has 1 N–H and O–H groups in total. The van der Waals surface area contributed by atoms with E-state index in [9.17, 15) is 18.4 Å². The van der Waals surface area contributed by atoms with Gasteiger partial charge in [0.1, 0.15) is 23.9 Å². The summed E-state index contributed by atoms with van der Waals surface area (Å²) >= 11 is 0. The molecule has 36 heavy (non-hydrogen) atoms. The summed E-state index contributed by atoms with van der Waals surface area (Å²) in [5.74, 6) is -0.309. The minimum absolute atomic E-state index is 0.0650. The lowest BCUT2D eigenvalue weighted by Gasteiger charge is -2.27. The Balaban J connectivity index is 1.50. The predicted octanol–water partition coefficient (Wildman–Crippen LogP) is 4.00. The highest BCUT2D eigenvalue weighted by atomic mass is 19.1. The molecule has 0 bridgehead atoms. The Labute approximate surface area is 206 Å². The van der Waals surface area contributed by atoms with E-state index in [0.29, 0.717) is 23.3 Å². The Bertz CT molecular complexity index is 1200. The maximum absolute atomic E-state index is 14.1. The highest BCUT2D eigenvalue weighted by Crippen LogP contribution is 2.33. The molecule has 0 unspecified atom stereocenters. The first-order valence-corrected chi connectivity index (χ1v) is 11.1. The number of furan rings is 1. The Hall–Kier alpha value is -4.12. The van der Waals surface area contributed by atoms with Crippen molar-refractivity contribution in [3.63, 3.8) is 0 Å². The van der Waals surface area contributed by atoms with Crippen molar-refractivity contribution in [2.45, 2.75) is 13.1 Å². The zero-order chi connectivity index (χ0) is 25.5. The molecule has 0 aliphatic carbocycles. The van der Waals surface area contributed by atoms with Gasteiger partial charge in [-0.3, -0.25) is 4.79 Å². The molecule has 0 radical (unpaired) electrons. The number of carbonyl (C=O) groups excluding carboxylic acids is 2. The van der Waals surface area contributed by atoms with E-state index in [1.807, 2.05) is 6.07 Å². The van der Waals surface area contributed by atoms with Crippen LogP contribution in [0, 0.1) is 11.6 Å². The normalized spacial score (nSPS) is 11.9. The van der Waals surface area contributed by atoms with E-state index in [-0.39, 0.29) is 51.2 Å². The number of anilines is 1. The molecule has 0 atom stereocenters. The van der Waals surface area contributed by atoms with Gasteiger partial charge in [0, 0.05) is 26.3 Å². The number of amides is 3. The van der Waals surface area contributed by atoms with Gasteiger partial charge in [-0.1, -0.05) is 6.07 Å². The lowest BCUT2D eigenvalue weighted by molar-refractivity contribution is -0.133. The summed E-state index contributed by atoms with van der Waals surface area (Å²) in [6.45, 7) is 0.396. The molecule has 1 aromatic heterocycles. The highest BCUT2D eigenvalue weighted by molar-refractivity contribution is 5.92. The van der Waals surface area contributed by atoms with Crippen LogP contribution in [-0.4, -0.2) is 55.3 Å². The second kappa shape index (κ2) is 11.5. The number of hydrogen-bond donors (Lipinski definition) is 1. The monoisotopic (exact) mass is 501 g/mol. The molecule has 0 saturated heterocycles. The molecular weight excluding hydrogens is 476 g/mol. The van der Waals surface area contributed by atoms with Crippen molar-refractivity contribution in [3.05, 3.63) is 77.8 Å². The van der Waals surface area contributed by atoms with Crippen molar-refractivity contribution < 1.29 is 37.0 Å². The zero-order valence-corrected chi connectivity index (χ0v) is 19.5. The third kappa shape index (κ3) is 6.30. The number of methoxy groups -OCH3 is 1. The van der Waals surface area contributed by atoms with Crippen LogP contribution in [0.15, 0.2) is 59.2 Å². The van der Waals surface area contributed by atoms with Gasteiger partial charge in [0.25, 0.3) is 0 Å². The summed E-state index contributed by atoms with van der Waals surface area (Å²) in [5.41, 5.74) is 0.587. The number of nitrogens with one attached hydrogen (secondary N) is 1. The average molecular weight is 501 g/mol. The summed E-state index contributed by atoms with van der Waals surface area (Å²) < 4.78 is 48.5. The smallest absolute Gasteiger partial charge is 0.322 e. The lowest BCUT2D eigenvalue weighted by atomic mass is 10.2. The molecule has 190 valence electrons. The minimum Gasteiger partial charge on any atom is -0.467 e. The number of carbonyl (C=O) groups is 2. The summed E-state index contributed by atoms with van der Waals surface area (Å²) in [6, 6.07) is 10.9. The molecule has 2 heterocycles. The van der Waals surface area contributed by atoms with Crippen LogP contribution in [0.4, 0.5) is 19.3 Å². The van der Waals surface area contributed by atoms with Crippen molar-refractivity contribution in [1.82, 2.24) is 9.80 Å². The number of urea groups is 1. The SMILES string of the molecule is COCCN(CC(=O)N(Cc1ccc2c(c1)OCO2)Cc1ccco1)C(=O)Nc1ccc(F)cc1F. The van der Waals surface area contributed by atoms with E-state index in [1.165, 1.54) is 23.2 Å². The fourth-order valence-corrected chi connectivity index (χ4v) is 3.58. The molecule has 2 aromatic carbocycles. The maximum atomic E-state index is 14.1. The van der Waals surface area contributed by atoms with Gasteiger partial charge in [0.05, 0.1) is 25.1 Å². The van der Waals surface area contributed by atoms with Gasteiger partial charge >= 0.3 is 6.03 Å². The van der Waals surface area contributed by atoms with Crippen LogP contribution in [0.1, 0.15) is 11.3 Å².